The van der Waals surface area contributed by atoms with Crippen molar-refractivity contribution >= 4 is 11.9 Å². The summed E-state index contributed by atoms with van der Waals surface area (Å²) in [5.41, 5.74) is 1.09. The highest BCUT2D eigenvalue weighted by Crippen LogP contribution is 2.25. The van der Waals surface area contributed by atoms with Crippen LogP contribution >= 0.6 is 0 Å². The quantitative estimate of drug-likeness (QED) is 0.903. The number of nitrogens with one attached hydrogen (secondary N) is 1. The van der Waals surface area contributed by atoms with E-state index in [9.17, 15) is 9.59 Å². The molecule has 5 heteroatoms. The maximum atomic E-state index is 12.3. The molecule has 0 aromatic heterocycles. The molecule has 3 rings (SSSR count). The largest absolute Gasteiger partial charge is 0.338 e. The molecule has 1 aliphatic carbocycles. The van der Waals surface area contributed by atoms with E-state index in [0.29, 0.717) is 19.8 Å². The molecule has 0 unspecified atom stereocenters. The van der Waals surface area contributed by atoms with Crippen LogP contribution < -0.4 is 5.32 Å². The van der Waals surface area contributed by atoms with Gasteiger partial charge in [0.05, 0.1) is 6.67 Å². The molecule has 2 fully saturated rings. The van der Waals surface area contributed by atoms with Gasteiger partial charge in [-0.25, -0.2) is 4.79 Å². The van der Waals surface area contributed by atoms with Crippen molar-refractivity contribution in [3.05, 3.63) is 35.9 Å². The number of benzene rings is 1. The van der Waals surface area contributed by atoms with Gasteiger partial charge in [-0.05, 0) is 17.9 Å². The van der Waals surface area contributed by atoms with E-state index in [-0.39, 0.29) is 18.5 Å². The third-order valence-electron chi connectivity index (χ3n) is 5.08. The van der Waals surface area contributed by atoms with E-state index in [1.807, 2.05) is 30.3 Å². The molecule has 0 radical (unpaired) electrons. The highest BCUT2D eigenvalue weighted by Gasteiger charge is 2.30. The molecule has 1 N–H and O–H groups in total. The van der Waals surface area contributed by atoms with Crippen molar-refractivity contribution in [2.75, 3.05) is 19.8 Å². The van der Waals surface area contributed by atoms with Gasteiger partial charge in [-0.1, -0.05) is 62.4 Å². The summed E-state index contributed by atoms with van der Waals surface area (Å²) < 4.78 is 0. The van der Waals surface area contributed by atoms with Crippen molar-refractivity contribution in [3.8, 4) is 0 Å². The van der Waals surface area contributed by atoms with Crippen molar-refractivity contribution in [2.45, 2.75) is 45.1 Å². The van der Waals surface area contributed by atoms with Gasteiger partial charge in [0.15, 0.2) is 0 Å². The second kappa shape index (κ2) is 8.18. The molecule has 1 aromatic rings. The topological polar surface area (TPSA) is 52.7 Å². The first-order valence-electron chi connectivity index (χ1n) is 9.07. The minimum Gasteiger partial charge on any atom is -0.338 e. The van der Waals surface area contributed by atoms with Crippen LogP contribution in [0.15, 0.2) is 30.3 Å². The van der Waals surface area contributed by atoms with Gasteiger partial charge >= 0.3 is 6.03 Å². The fourth-order valence-corrected chi connectivity index (χ4v) is 3.65. The van der Waals surface area contributed by atoms with Crippen LogP contribution in [0.4, 0.5) is 4.79 Å². The van der Waals surface area contributed by atoms with Crippen molar-refractivity contribution in [3.63, 3.8) is 0 Å². The Kier molecular flexibility index (Phi) is 5.72. The lowest BCUT2D eigenvalue weighted by molar-refractivity contribution is -0.127. The molecule has 3 amide bonds. The zero-order valence-corrected chi connectivity index (χ0v) is 14.2. The Morgan fingerprint density at radius 3 is 2.62 bits per heavy atom. The first-order chi connectivity index (χ1) is 11.7. The molecule has 1 heterocycles. The fraction of sp³-hybridized carbons (Fsp3) is 0.579. The van der Waals surface area contributed by atoms with Gasteiger partial charge in [0.1, 0.15) is 6.54 Å². The lowest BCUT2D eigenvalue weighted by Gasteiger charge is -2.22. The van der Waals surface area contributed by atoms with Crippen LogP contribution in [0.5, 0.6) is 0 Å². The van der Waals surface area contributed by atoms with Gasteiger partial charge in [0, 0.05) is 13.1 Å². The van der Waals surface area contributed by atoms with E-state index in [1.54, 1.807) is 9.80 Å². The summed E-state index contributed by atoms with van der Waals surface area (Å²) in [6, 6.07) is 9.77. The second-order valence-electron chi connectivity index (χ2n) is 6.94. The molecule has 1 aliphatic heterocycles. The van der Waals surface area contributed by atoms with Crippen molar-refractivity contribution < 1.29 is 9.59 Å². The number of amides is 3. The number of urea groups is 1. The monoisotopic (exact) mass is 329 g/mol. The Morgan fingerprint density at radius 1 is 1.12 bits per heavy atom. The number of carbonyl (C=O) groups excluding carboxylic acids is 2. The Morgan fingerprint density at radius 2 is 1.88 bits per heavy atom. The van der Waals surface area contributed by atoms with Crippen molar-refractivity contribution in [2.24, 2.45) is 5.92 Å². The predicted octanol–water partition coefficient (Wildman–Crippen LogP) is 2.97. The highest BCUT2D eigenvalue weighted by molar-refractivity contribution is 5.87. The molecule has 1 aromatic carbocycles. The lowest BCUT2D eigenvalue weighted by atomic mass is 9.87. The SMILES string of the molecule is O=C1CN(C(=O)NCCC2CCCCC2)CN1Cc1ccccc1. The van der Waals surface area contributed by atoms with Gasteiger partial charge in [0.2, 0.25) is 5.91 Å². The Hall–Kier alpha value is -2.04. The molecule has 0 atom stereocenters. The first kappa shape index (κ1) is 16.8. The maximum Gasteiger partial charge on any atom is 0.319 e. The summed E-state index contributed by atoms with van der Waals surface area (Å²) >= 11 is 0. The van der Waals surface area contributed by atoms with E-state index < -0.39 is 0 Å². The Balaban J connectivity index is 1.42. The summed E-state index contributed by atoms with van der Waals surface area (Å²) in [6.45, 7) is 1.84. The third-order valence-corrected chi connectivity index (χ3v) is 5.08. The number of carbonyl (C=O) groups is 2. The summed E-state index contributed by atoms with van der Waals surface area (Å²) in [4.78, 5) is 27.7. The molecular weight excluding hydrogens is 302 g/mol. The highest BCUT2D eigenvalue weighted by atomic mass is 16.2. The maximum absolute atomic E-state index is 12.3. The molecule has 24 heavy (non-hydrogen) atoms. The second-order valence-corrected chi connectivity index (χ2v) is 6.94. The number of nitrogens with zero attached hydrogens (tertiary/aromatic N) is 2. The Bertz CT molecular complexity index is 555. The van der Waals surface area contributed by atoms with Crippen LogP contribution in [0, 0.1) is 5.92 Å². The van der Waals surface area contributed by atoms with E-state index in [0.717, 1.165) is 17.9 Å². The average Bonchev–Trinajstić information content (AvgIpc) is 2.97. The normalized spacial score (nSPS) is 18.9. The van der Waals surface area contributed by atoms with E-state index in [4.69, 9.17) is 0 Å². The number of rotatable bonds is 5. The fourth-order valence-electron chi connectivity index (χ4n) is 3.65. The molecule has 130 valence electrons. The van der Waals surface area contributed by atoms with Gasteiger partial charge in [-0.15, -0.1) is 0 Å². The van der Waals surface area contributed by atoms with Crippen LogP contribution in [0.1, 0.15) is 44.1 Å². The van der Waals surface area contributed by atoms with Gasteiger partial charge in [0.25, 0.3) is 0 Å². The minimum atomic E-state index is -0.116. The van der Waals surface area contributed by atoms with Crippen LogP contribution in [-0.4, -0.2) is 41.5 Å². The molecule has 0 spiro atoms. The molecule has 0 bridgehead atoms. The van der Waals surface area contributed by atoms with Gasteiger partial charge < -0.3 is 10.2 Å². The zero-order chi connectivity index (χ0) is 16.8. The minimum absolute atomic E-state index is 0.0151. The molecule has 1 saturated carbocycles. The van der Waals surface area contributed by atoms with E-state index >= 15 is 0 Å². The zero-order valence-electron chi connectivity index (χ0n) is 14.2. The van der Waals surface area contributed by atoms with E-state index in [1.165, 1.54) is 32.1 Å². The van der Waals surface area contributed by atoms with Crippen molar-refractivity contribution in [1.82, 2.24) is 15.1 Å². The number of hydrogen-bond donors (Lipinski definition) is 1. The summed E-state index contributed by atoms with van der Waals surface area (Å²) in [5, 5.41) is 2.98. The summed E-state index contributed by atoms with van der Waals surface area (Å²) in [6.07, 6.45) is 7.66. The first-order valence-corrected chi connectivity index (χ1v) is 9.07. The van der Waals surface area contributed by atoms with E-state index in [2.05, 4.69) is 5.32 Å². The smallest absolute Gasteiger partial charge is 0.319 e. The lowest BCUT2D eigenvalue weighted by Crippen LogP contribution is -2.40. The number of hydrogen-bond acceptors (Lipinski definition) is 2. The van der Waals surface area contributed by atoms with Crippen LogP contribution in [0.25, 0.3) is 0 Å². The van der Waals surface area contributed by atoms with Crippen LogP contribution in [0.2, 0.25) is 0 Å². The third kappa shape index (κ3) is 4.49. The standard InChI is InChI=1S/C19H27N3O2/c23-18-14-22(15-21(18)13-17-9-5-2-6-10-17)19(24)20-12-11-16-7-3-1-4-8-16/h2,5-6,9-10,16H,1,3-4,7-8,11-15H2,(H,20,24). The molecule has 5 nitrogen and oxygen atoms in total. The molecular formula is C19H27N3O2. The van der Waals surface area contributed by atoms with Gasteiger partial charge in [-0.3, -0.25) is 9.69 Å². The summed E-state index contributed by atoms with van der Waals surface area (Å²) in [7, 11) is 0. The van der Waals surface area contributed by atoms with Gasteiger partial charge in [-0.2, -0.15) is 0 Å². The Labute approximate surface area is 144 Å². The average molecular weight is 329 g/mol. The van der Waals surface area contributed by atoms with Crippen LogP contribution in [-0.2, 0) is 11.3 Å². The molecule has 1 saturated heterocycles. The molecule has 2 aliphatic rings. The van der Waals surface area contributed by atoms with Crippen molar-refractivity contribution in [1.29, 1.82) is 0 Å². The summed E-state index contributed by atoms with van der Waals surface area (Å²) in [5.74, 6) is 0.773. The predicted molar refractivity (Wildman–Crippen MR) is 93.2 cm³/mol. The van der Waals surface area contributed by atoms with Crippen LogP contribution in [0.3, 0.4) is 0 Å².